The average molecular weight is 455 g/mol. The van der Waals surface area contributed by atoms with Crippen LogP contribution >= 0.6 is 0 Å². The van der Waals surface area contributed by atoms with E-state index < -0.39 is 0 Å². The van der Waals surface area contributed by atoms with Crippen molar-refractivity contribution in [2.24, 2.45) is 0 Å². The van der Waals surface area contributed by atoms with E-state index in [0.29, 0.717) is 23.3 Å². The Morgan fingerprint density at radius 2 is 0.971 bits per heavy atom. The molecule has 0 amide bonds. The summed E-state index contributed by atoms with van der Waals surface area (Å²) in [6.45, 7) is 2.13. The van der Waals surface area contributed by atoms with E-state index in [-0.39, 0.29) is 5.92 Å². The zero-order valence-corrected chi connectivity index (χ0v) is 20.5. The van der Waals surface area contributed by atoms with Gasteiger partial charge < -0.3 is 10.2 Å². The highest BCUT2D eigenvalue weighted by Gasteiger charge is 2.25. The molecular weight excluding hydrogens is 416 g/mol. The van der Waals surface area contributed by atoms with Crippen LogP contribution in [-0.4, -0.2) is 10.2 Å². The van der Waals surface area contributed by atoms with Crippen LogP contribution in [0.25, 0.3) is 0 Å². The van der Waals surface area contributed by atoms with Crippen molar-refractivity contribution < 1.29 is 10.2 Å². The van der Waals surface area contributed by atoms with Gasteiger partial charge in [0, 0.05) is 5.92 Å². The van der Waals surface area contributed by atoms with Crippen LogP contribution in [0.4, 0.5) is 0 Å². The maximum atomic E-state index is 10.8. The Hall–Kier alpha value is -2.74. The van der Waals surface area contributed by atoms with E-state index >= 15 is 0 Å². The number of phenols is 2. The molecule has 0 heterocycles. The van der Waals surface area contributed by atoms with Crippen molar-refractivity contribution in [2.75, 3.05) is 0 Å². The van der Waals surface area contributed by atoms with Crippen LogP contribution in [0.15, 0.2) is 60.7 Å². The fourth-order valence-corrected chi connectivity index (χ4v) is 6.32. The lowest BCUT2D eigenvalue weighted by Crippen LogP contribution is -2.10. The molecule has 2 fully saturated rings. The van der Waals surface area contributed by atoms with E-state index in [4.69, 9.17) is 0 Å². The first-order valence-corrected chi connectivity index (χ1v) is 13.3. The average Bonchev–Trinajstić information content (AvgIpc) is 2.88. The van der Waals surface area contributed by atoms with Crippen LogP contribution in [0.1, 0.15) is 115 Å². The van der Waals surface area contributed by atoms with E-state index in [0.717, 1.165) is 36.8 Å². The molecule has 0 aromatic heterocycles. The summed E-state index contributed by atoms with van der Waals surface area (Å²) in [5.41, 5.74) is 7.18. The molecule has 2 saturated carbocycles. The topological polar surface area (TPSA) is 40.5 Å². The number of phenolic OH excluding ortho intramolecular Hbond substituents is 2. The predicted molar refractivity (Wildman–Crippen MR) is 140 cm³/mol. The molecule has 2 aliphatic carbocycles. The van der Waals surface area contributed by atoms with Gasteiger partial charge in [0.2, 0.25) is 0 Å². The number of hydrogen-bond acceptors (Lipinski definition) is 2. The van der Waals surface area contributed by atoms with Crippen molar-refractivity contribution in [3.8, 4) is 11.5 Å². The van der Waals surface area contributed by atoms with Crippen LogP contribution in [0.3, 0.4) is 0 Å². The van der Waals surface area contributed by atoms with Gasteiger partial charge in [0.15, 0.2) is 0 Å². The second kappa shape index (κ2) is 10.3. The largest absolute Gasteiger partial charge is 0.508 e. The molecule has 2 heteroatoms. The van der Waals surface area contributed by atoms with Gasteiger partial charge in [0.05, 0.1) is 0 Å². The molecule has 0 atom stereocenters. The first-order valence-electron chi connectivity index (χ1n) is 13.3. The Bertz CT molecular complexity index is 1030. The molecule has 0 unspecified atom stereocenters. The highest BCUT2D eigenvalue weighted by atomic mass is 16.3. The van der Waals surface area contributed by atoms with Gasteiger partial charge in [-0.05, 0) is 84.4 Å². The van der Waals surface area contributed by atoms with Gasteiger partial charge in [-0.15, -0.1) is 0 Å². The van der Waals surface area contributed by atoms with Gasteiger partial charge in [0.25, 0.3) is 0 Å². The summed E-state index contributed by atoms with van der Waals surface area (Å²) in [6, 6.07) is 21.4. The second-order valence-electron chi connectivity index (χ2n) is 10.7. The van der Waals surface area contributed by atoms with Crippen LogP contribution in [0.2, 0.25) is 0 Å². The molecule has 0 aliphatic heterocycles. The monoisotopic (exact) mass is 454 g/mol. The molecule has 0 saturated heterocycles. The number of aryl methyl sites for hydroxylation is 1. The van der Waals surface area contributed by atoms with Crippen molar-refractivity contribution in [3.63, 3.8) is 0 Å². The molecule has 5 rings (SSSR count). The van der Waals surface area contributed by atoms with Crippen LogP contribution < -0.4 is 0 Å². The smallest absolute Gasteiger partial charge is 0.119 e. The minimum Gasteiger partial charge on any atom is -0.508 e. The second-order valence-corrected chi connectivity index (χ2v) is 10.7. The van der Waals surface area contributed by atoms with Crippen molar-refractivity contribution in [2.45, 2.75) is 88.9 Å². The molecule has 2 N–H and O–H groups in total. The first kappa shape index (κ1) is 23.0. The highest BCUT2D eigenvalue weighted by Crippen LogP contribution is 2.43. The van der Waals surface area contributed by atoms with E-state index in [1.54, 1.807) is 0 Å². The molecular formula is C32H38O2. The fourth-order valence-electron chi connectivity index (χ4n) is 6.32. The molecule has 2 nitrogen and oxygen atoms in total. The lowest BCUT2D eigenvalue weighted by molar-refractivity contribution is 0.413. The van der Waals surface area contributed by atoms with Gasteiger partial charge in [-0.25, -0.2) is 0 Å². The third kappa shape index (κ3) is 4.87. The van der Waals surface area contributed by atoms with Crippen molar-refractivity contribution in [3.05, 3.63) is 94.0 Å². The van der Waals surface area contributed by atoms with Crippen molar-refractivity contribution in [1.29, 1.82) is 0 Å². The van der Waals surface area contributed by atoms with Gasteiger partial charge >= 0.3 is 0 Å². The maximum absolute atomic E-state index is 10.8. The van der Waals surface area contributed by atoms with Crippen molar-refractivity contribution in [1.82, 2.24) is 0 Å². The molecule has 2 aliphatic rings. The molecule has 0 radical (unpaired) electrons. The summed E-state index contributed by atoms with van der Waals surface area (Å²) in [5, 5.41) is 21.5. The highest BCUT2D eigenvalue weighted by molar-refractivity contribution is 5.51. The lowest BCUT2D eigenvalue weighted by atomic mass is 9.78. The summed E-state index contributed by atoms with van der Waals surface area (Å²) in [5.74, 6) is 1.85. The number of benzene rings is 3. The van der Waals surface area contributed by atoms with Crippen molar-refractivity contribution >= 4 is 0 Å². The molecule has 0 bridgehead atoms. The third-order valence-corrected chi connectivity index (χ3v) is 8.27. The number of aromatic hydroxyl groups is 2. The van der Waals surface area contributed by atoms with Crippen LogP contribution in [0, 0.1) is 6.92 Å². The minimum atomic E-state index is 0.0754. The lowest BCUT2D eigenvalue weighted by Gasteiger charge is -2.27. The zero-order valence-electron chi connectivity index (χ0n) is 20.5. The summed E-state index contributed by atoms with van der Waals surface area (Å²) < 4.78 is 0. The SMILES string of the molecule is Cc1ccc(C(c2ccc(O)c(C3CCCCC3)c2)c2ccc(O)c(C3CCCCC3)c2)cc1. The van der Waals surface area contributed by atoms with E-state index in [1.165, 1.54) is 60.8 Å². The quantitative estimate of drug-likeness (QED) is 0.379. The fraction of sp³-hybridized carbons (Fsp3) is 0.438. The first-order chi connectivity index (χ1) is 16.6. The maximum Gasteiger partial charge on any atom is 0.119 e. The minimum absolute atomic E-state index is 0.0754. The summed E-state index contributed by atoms with van der Waals surface area (Å²) >= 11 is 0. The third-order valence-electron chi connectivity index (χ3n) is 8.27. The Balaban J connectivity index is 1.59. The summed E-state index contributed by atoms with van der Waals surface area (Å²) in [4.78, 5) is 0. The van der Waals surface area contributed by atoms with Crippen LogP contribution in [0.5, 0.6) is 11.5 Å². The molecule has 0 spiro atoms. The normalized spacial score (nSPS) is 17.8. The van der Waals surface area contributed by atoms with Gasteiger partial charge in [-0.3, -0.25) is 0 Å². The number of rotatable bonds is 5. The standard InChI is InChI=1S/C32H38O2/c1-22-12-14-25(15-13-22)32(26-16-18-30(33)28(20-26)23-8-4-2-5-9-23)27-17-19-31(34)29(21-27)24-10-6-3-7-11-24/h12-21,23-24,32-34H,2-11H2,1H3. The molecule has 3 aromatic carbocycles. The van der Waals surface area contributed by atoms with E-state index in [1.807, 2.05) is 12.1 Å². The van der Waals surface area contributed by atoms with Gasteiger partial charge in [-0.1, -0.05) is 92.6 Å². The van der Waals surface area contributed by atoms with Gasteiger partial charge in [0.1, 0.15) is 11.5 Å². The van der Waals surface area contributed by atoms with Crippen LogP contribution in [-0.2, 0) is 0 Å². The molecule has 178 valence electrons. The Morgan fingerprint density at radius 1 is 0.559 bits per heavy atom. The Kier molecular flexibility index (Phi) is 6.94. The molecule has 34 heavy (non-hydrogen) atoms. The molecule has 3 aromatic rings. The Morgan fingerprint density at radius 3 is 1.41 bits per heavy atom. The predicted octanol–water partition coefficient (Wildman–Crippen LogP) is 8.68. The number of hydrogen-bond donors (Lipinski definition) is 2. The van der Waals surface area contributed by atoms with E-state index in [9.17, 15) is 10.2 Å². The zero-order chi connectivity index (χ0) is 23.5. The summed E-state index contributed by atoms with van der Waals surface area (Å²) in [6.07, 6.45) is 12.3. The van der Waals surface area contributed by atoms with Gasteiger partial charge in [-0.2, -0.15) is 0 Å². The van der Waals surface area contributed by atoms with E-state index in [2.05, 4.69) is 55.5 Å². The Labute approximate surface area is 204 Å². The summed E-state index contributed by atoms with van der Waals surface area (Å²) in [7, 11) is 0.